The zero-order valence-electron chi connectivity index (χ0n) is 29.2. The van der Waals surface area contributed by atoms with Crippen LogP contribution < -0.4 is 27.0 Å². The van der Waals surface area contributed by atoms with Gasteiger partial charge in [-0.2, -0.15) is 9.97 Å². The number of nitrogens with two attached hydrogens (primary N) is 1. The maximum Gasteiger partial charge on any atom is 0.328 e. The number of rotatable bonds is 23. The molecular formula is C34H52N8O8. The molecule has 1 aliphatic heterocycles. The van der Waals surface area contributed by atoms with E-state index < -0.39 is 0 Å². The largest absolute Gasteiger partial charge is 0.463 e. The first-order valence-electron chi connectivity index (χ1n) is 17.4. The van der Waals surface area contributed by atoms with Gasteiger partial charge >= 0.3 is 11.7 Å². The van der Waals surface area contributed by atoms with E-state index in [1.165, 1.54) is 10.1 Å². The normalized spacial score (nSPS) is 13.9. The number of anilines is 1. The van der Waals surface area contributed by atoms with Gasteiger partial charge in [0.25, 0.3) is 0 Å². The highest BCUT2D eigenvalue weighted by atomic mass is 16.6. The Morgan fingerprint density at radius 2 is 1.66 bits per heavy atom. The second kappa shape index (κ2) is 21.3. The minimum Gasteiger partial charge on any atom is -0.463 e. The van der Waals surface area contributed by atoms with Crippen LogP contribution >= 0.6 is 0 Å². The van der Waals surface area contributed by atoms with Gasteiger partial charge < -0.3 is 34.6 Å². The van der Waals surface area contributed by atoms with Gasteiger partial charge in [0.15, 0.2) is 11.5 Å². The summed E-state index contributed by atoms with van der Waals surface area (Å²) in [6, 6.07) is 8.30. The number of imidazole rings is 1. The average molecular weight is 701 g/mol. The maximum atomic E-state index is 13.2. The van der Waals surface area contributed by atoms with Gasteiger partial charge in [0.2, 0.25) is 11.8 Å². The molecule has 50 heavy (non-hydrogen) atoms. The van der Waals surface area contributed by atoms with E-state index in [0.717, 1.165) is 57.3 Å². The maximum absolute atomic E-state index is 13.2. The average Bonchev–Trinajstić information content (AvgIpc) is 3.42. The molecule has 0 unspecified atom stereocenters. The number of aromatic amines is 1. The molecule has 276 valence electrons. The van der Waals surface area contributed by atoms with Crippen LogP contribution in [-0.4, -0.2) is 109 Å². The van der Waals surface area contributed by atoms with Gasteiger partial charge in [-0.3, -0.25) is 23.9 Å². The second-order valence-corrected chi connectivity index (χ2v) is 12.3. The molecule has 1 aliphatic rings. The van der Waals surface area contributed by atoms with Crippen molar-refractivity contribution in [2.75, 3.05) is 78.3 Å². The molecule has 5 N–H and O–H groups in total. The van der Waals surface area contributed by atoms with Crippen molar-refractivity contribution in [1.29, 1.82) is 0 Å². The van der Waals surface area contributed by atoms with Gasteiger partial charge in [-0.05, 0) is 55.8 Å². The lowest BCUT2D eigenvalue weighted by molar-refractivity contribution is -0.125. The highest BCUT2D eigenvalue weighted by molar-refractivity contribution is 5.97. The molecule has 0 spiro atoms. The van der Waals surface area contributed by atoms with Crippen molar-refractivity contribution < 1.29 is 33.4 Å². The van der Waals surface area contributed by atoms with Gasteiger partial charge in [0.1, 0.15) is 12.1 Å². The first kappa shape index (κ1) is 38.9. The van der Waals surface area contributed by atoms with E-state index in [4.69, 9.17) is 24.8 Å². The van der Waals surface area contributed by atoms with Crippen LogP contribution in [0, 0.1) is 5.92 Å². The number of H-pyrrole nitrogens is 1. The quantitative estimate of drug-likeness (QED) is 0.0830. The molecule has 1 fully saturated rings. The summed E-state index contributed by atoms with van der Waals surface area (Å²) in [5, 5.41) is 5.63. The van der Waals surface area contributed by atoms with Crippen LogP contribution in [0.5, 0.6) is 6.01 Å². The number of unbranched alkanes of at least 4 members (excludes halogenated alkanes) is 1. The molecule has 4 rings (SSSR count). The summed E-state index contributed by atoms with van der Waals surface area (Å²) in [5.74, 6) is 5.19. The zero-order chi connectivity index (χ0) is 35.6. The van der Waals surface area contributed by atoms with Crippen molar-refractivity contribution in [1.82, 2.24) is 29.7 Å². The number of fused-ring (bicyclic) bond motifs is 1. The molecule has 2 amide bonds. The topological polar surface area (TPSA) is 197 Å². The molecule has 1 saturated heterocycles. The van der Waals surface area contributed by atoms with E-state index >= 15 is 0 Å². The Morgan fingerprint density at radius 3 is 2.36 bits per heavy atom. The number of nitrogens with one attached hydrogen (secondary N) is 3. The van der Waals surface area contributed by atoms with Gasteiger partial charge in [-0.15, -0.1) is 0 Å². The van der Waals surface area contributed by atoms with Crippen LogP contribution in [0.3, 0.4) is 0 Å². The van der Waals surface area contributed by atoms with E-state index in [1.807, 2.05) is 12.1 Å². The number of hydrogen-bond acceptors (Lipinski definition) is 12. The molecule has 1 aromatic carbocycles. The molecule has 16 heteroatoms. The first-order valence-corrected chi connectivity index (χ1v) is 17.4. The predicted octanol–water partition coefficient (Wildman–Crippen LogP) is 1.96. The van der Waals surface area contributed by atoms with Crippen molar-refractivity contribution >= 4 is 28.8 Å². The number of carbonyl (C=O) groups excluding carboxylic acids is 2. The number of hydrogen-bond donors (Lipinski definition) is 4. The van der Waals surface area contributed by atoms with Crippen molar-refractivity contribution in [3.63, 3.8) is 0 Å². The fourth-order valence-corrected chi connectivity index (χ4v) is 5.61. The smallest absolute Gasteiger partial charge is 0.328 e. The van der Waals surface area contributed by atoms with E-state index in [2.05, 4.69) is 54.4 Å². The summed E-state index contributed by atoms with van der Waals surface area (Å²) >= 11 is 0. The Hall–Kier alpha value is -3.93. The van der Waals surface area contributed by atoms with E-state index in [-0.39, 0.29) is 55.5 Å². The Balaban J connectivity index is 1.34. The van der Waals surface area contributed by atoms with E-state index in [1.54, 1.807) is 7.11 Å². The summed E-state index contributed by atoms with van der Waals surface area (Å²) in [5.41, 5.74) is 2.42. The lowest BCUT2D eigenvalue weighted by Crippen LogP contribution is -2.35. The molecule has 0 atom stereocenters. The van der Waals surface area contributed by atoms with Crippen molar-refractivity contribution in [2.45, 2.75) is 58.5 Å². The lowest BCUT2D eigenvalue weighted by Gasteiger charge is -2.32. The van der Waals surface area contributed by atoms with E-state index in [0.29, 0.717) is 56.7 Å². The van der Waals surface area contributed by atoms with Crippen LogP contribution in [0.2, 0.25) is 0 Å². The fraction of sp³-hybridized carbons (Fsp3) is 0.618. The second-order valence-electron chi connectivity index (χ2n) is 12.3. The molecular weight excluding hydrogens is 648 g/mol. The number of benzene rings is 1. The number of ether oxygens (including phenoxy) is 4. The number of methoxy groups -OCH3 is 1. The molecule has 0 saturated carbocycles. The minimum atomic E-state index is -0.369. The van der Waals surface area contributed by atoms with Crippen LogP contribution in [0.25, 0.3) is 11.2 Å². The molecule has 3 heterocycles. The molecule has 0 radical (unpaired) electrons. The van der Waals surface area contributed by atoms with Crippen molar-refractivity contribution in [2.24, 2.45) is 11.8 Å². The Labute approximate surface area is 292 Å². The molecule has 0 bridgehead atoms. The highest BCUT2D eigenvalue weighted by Gasteiger charge is 2.21. The van der Waals surface area contributed by atoms with E-state index in [9.17, 15) is 14.4 Å². The summed E-state index contributed by atoms with van der Waals surface area (Å²) < 4.78 is 23.1. The monoisotopic (exact) mass is 700 g/mol. The summed E-state index contributed by atoms with van der Waals surface area (Å²) in [7, 11) is 1.61. The molecule has 2 aromatic heterocycles. The number of piperidine rings is 1. The summed E-state index contributed by atoms with van der Waals surface area (Å²) in [6.07, 6.45) is 4.94. The minimum absolute atomic E-state index is 0.0866. The number of carbonyl (C=O) groups is 2. The third kappa shape index (κ3) is 12.8. The fourth-order valence-electron chi connectivity index (χ4n) is 5.61. The predicted molar refractivity (Wildman–Crippen MR) is 187 cm³/mol. The Bertz CT molecular complexity index is 1520. The highest BCUT2D eigenvalue weighted by Crippen LogP contribution is 2.23. The van der Waals surface area contributed by atoms with Crippen LogP contribution in [-0.2, 0) is 41.7 Å². The van der Waals surface area contributed by atoms with Gasteiger partial charge in [-0.1, -0.05) is 37.6 Å². The number of likely N-dealkylation sites (tertiary alicyclic amines) is 1. The first-order chi connectivity index (χ1) is 24.4. The van der Waals surface area contributed by atoms with Crippen LogP contribution in [0.4, 0.5) is 5.82 Å². The number of aromatic nitrogens is 4. The van der Waals surface area contributed by atoms with Crippen LogP contribution in [0.15, 0.2) is 29.1 Å². The molecule has 3 aromatic rings. The third-order valence-electron chi connectivity index (χ3n) is 8.43. The van der Waals surface area contributed by atoms with Gasteiger partial charge in [0, 0.05) is 20.2 Å². The van der Waals surface area contributed by atoms with Crippen LogP contribution in [0.1, 0.15) is 56.6 Å². The standard InChI is InChI=1S/C34H52N8O8/c1-3-4-16-49-33-39-31(37-28(43)12-17-47-20-21-48-19-18-46-2)30-32(40-33)42(34(45)38-30)23-27-7-5-26(6-8-27)22-41-14-10-25(11-15-41)9-13-36-29(44)24-50-35/h5-8,25H,3-4,9-24,35H2,1-2H3,(H,36,44)(H,38,45)(H,37,39,40,43). The zero-order valence-corrected chi connectivity index (χ0v) is 29.2. The summed E-state index contributed by atoms with van der Waals surface area (Å²) in [6.45, 7) is 8.04. The molecule has 0 aliphatic carbocycles. The lowest BCUT2D eigenvalue weighted by atomic mass is 9.93. The number of amides is 2. The number of nitrogens with zero attached hydrogens (tertiary/aromatic N) is 4. The molecule has 16 nitrogen and oxygen atoms in total. The van der Waals surface area contributed by atoms with Gasteiger partial charge in [-0.25, -0.2) is 10.7 Å². The van der Waals surface area contributed by atoms with Crippen molar-refractivity contribution in [3.8, 4) is 6.01 Å². The third-order valence-corrected chi connectivity index (χ3v) is 8.43. The van der Waals surface area contributed by atoms with Crippen molar-refractivity contribution in [3.05, 3.63) is 45.9 Å². The Kier molecular flexibility index (Phi) is 16.6. The Morgan fingerprint density at radius 1 is 0.960 bits per heavy atom. The summed E-state index contributed by atoms with van der Waals surface area (Å²) in [4.78, 5) is 56.1. The SMILES string of the molecule is CCCCOc1nc(NC(=O)CCOCCOCCOC)c2[nH]c(=O)n(Cc3ccc(CN4CCC(CCNC(=O)CON)CC4)cc3)c2n1. The van der Waals surface area contributed by atoms with Gasteiger partial charge in [0.05, 0.1) is 52.6 Å².